The number of nitro groups is 2. The van der Waals surface area contributed by atoms with Crippen molar-refractivity contribution < 1.29 is 19.7 Å². The quantitative estimate of drug-likeness (QED) is 0.272. The molecule has 0 bridgehead atoms. The zero-order valence-corrected chi connectivity index (χ0v) is 16.2. The summed E-state index contributed by atoms with van der Waals surface area (Å²) in [7, 11) is 0. The van der Waals surface area contributed by atoms with E-state index in [-0.39, 0.29) is 17.8 Å². The van der Waals surface area contributed by atoms with Crippen LogP contribution in [0.15, 0.2) is 58.5 Å². The van der Waals surface area contributed by atoms with Gasteiger partial charge in [-0.15, -0.1) is 0 Å². The standard InChI is InChI=1S/C20H20N4O6/c1-20(19(25)26,22-14-16-6-3-8-18(12-16)24(29)30)9-4-10-21-13-15-5-2-7-17(11-15)23(27)28/h2-3,5-8,11-14H,4,9-10H2,1H3,(H,25,26). The highest BCUT2D eigenvalue weighted by atomic mass is 16.6. The molecule has 30 heavy (non-hydrogen) atoms. The molecule has 0 aliphatic carbocycles. The van der Waals surface area contributed by atoms with Crippen molar-refractivity contribution in [3.05, 3.63) is 79.9 Å². The summed E-state index contributed by atoms with van der Waals surface area (Å²) in [6.07, 6.45) is 3.42. The predicted octanol–water partition coefficient (Wildman–Crippen LogP) is 3.66. The molecule has 0 aliphatic rings. The number of hydrogen-bond acceptors (Lipinski definition) is 7. The fourth-order valence-electron chi connectivity index (χ4n) is 2.57. The van der Waals surface area contributed by atoms with E-state index in [9.17, 15) is 30.1 Å². The Kier molecular flexibility index (Phi) is 7.45. The molecule has 0 amide bonds. The van der Waals surface area contributed by atoms with Gasteiger partial charge in [0.15, 0.2) is 5.54 Å². The van der Waals surface area contributed by atoms with Gasteiger partial charge in [-0.1, -0.05) is 24.3 Å². The van der Waals surface area contributed by atoms with Crippen molar-refractivity contribution in [2.24, 2.45) is 9.98 Å². The number of carboxylic acid groups (broad SMARTS) is 1. The van der Waals surface area contributed by atoms with Crippen molar-refractivity contribution in [2.75, 3.05) is 6.54 Å². The first-order valence-electron chi connectivity index (χ1n) is 8.99. The molecular formula is C20H20N4O6. The van der Waals surface area contributed by atoms with E-state index in [4.69, 9.17) is 0 Å². The van der Waals surface area contributed by atoms with Crippen LogP contribution < -0.4 is 0 Å². The maximum Gasteiger partial charge on any atom is 0.331 e. The number of rotatable bonds is 10. The number of aliphatic carboxylic acids is 1. The van der Waals surface area contributed by atoms with Crippen LogP contribution in [0.5, 0.6) is 0 Å². The maximum atomic E-state index is 11.7. The van der Waals surface area contributed by atoms with E-state index in [1.54, 1.807) is 18.2 Å². The largest absolute Gasteiger partial charge is 0.479 e. The molecule has 10 nitrogen and oxygen atoms in total. The highest BCUT2D eigenvalue weighted by molar-refractivity contribution is 5.86. The number of nitrogens with zero attached hydrogens (tertiary/aromatic N) is 4. The van der Waals surface area contributed by atoms with Gasteiger partial charge in [0.2, 0.25) is 0 Å². The van der Waals surface area contributed by atoms with Crippen molar-refractivity contribution in [1.29, 1.82) is 0 Å². The van der Waals surface area contributed by atoms with E-state index in [1.165, 1.54) is 49.7 Å². The Hall–Kier alpha value is -3.95. The van der Waals surface area contributed by atoms with Gasteiger partial charge in [-0.25, -0.2) is 4.79 Å². The number of carbonyl (C=O) groups is 1. The summed E-state index contributed by atoms with van der Waals surface area (Å²) in [5.74, 6) is -1.12. The molecule has 0 saturated heterocycles. The van der Waals surface area contributed by atoms with Crippen LogP contribution in [0.1, 0.15) is 30.9 Å². The van der Waals surface area contributed by atoms with Crippen LogP contribution in [0.4, 0.5) is 11.4 Å². The molecule has 0 aliphatic heterocycles. The van der Waals surface area contributed by atoms with Crippen LogP contribution in [0.2, 0.25) is 0 Å². The van der Waals surface area contributed by atoms with Gasteiger partial charge in [0.25, 0.3) is 11.4 Å². The summed E-state index contributed by atoms with van der Waals surface area (Å²) < 4.78 is 0. The Bertz CT molecular complexity index is 1000. The Morgan fingerprint density at radius 3 is 2.07 bits per heavy atom. The van der Waals surface area contributed by atoms with Crippen LogP contribution in [0.3, 0.4) is 0 Å². The number of non-ortho nitro benzene ring substituents is 2. The lowest BCUT2D eigenvalue weighted by Gasteiger charge is -2.19. The minimum absolute atomic E-state index is 0.0344. The van der Waals surface area contributed by atoms with Gasteiger partial charge in [-0.05, 0) is 30.9 Å². The first kappa shape index (κ1) is 22.3. The van der Waals surface area contributed by atoms with Gasteiger partial charge in [-0.3, -0.25) is 30.2 Å². The lowest BCUT2D eigenvalue weighted by molar-refractivity contribution is -0.385. The molecule has 1 atom stereocenters. The third kappa shape index (κ3) is 6.30. The van der Waals surface area contributed by atoms with Gasteiger partial charge >= 0.3 is 5.97 Å². The van der Waals surface area contributed by atoms with Crippen molar-refractivity contribution in [1.82, 2.24) is 0 Å². The maximum absolute atomic E-state index is 11.7. The van der Waals surface area contributed by atoms with Gasteiger partial charge in [-0.2, -0.15) is 0 Å². The Morgan fingerprint density at radius 1 is 1.03 bits per heavy atom. The second-order valence-electron chi connectivity index (χ2n) is 6.68. The molecule has 0 radical (unpaired) electrons. The van der Waals surface area contributed by atoms with Crippen molar-refractivity contribution in [3.63, 3.8) is 0 Å². The van der Waals surface area contributed by atoms with E-state index in [1.807, 2.05) is 0 Å². The predicted molar refractivity (Wildman–Crippen MR) is 112 cm³/mol. The number of benzene rings is 2. The van der Waals surface area contributed by atoms with Crippen molar-refractivity contribution >= 4 is 29.8 Å². The summed E-state index contributed by atoms with van der Waals surface area (Å²) in [6.45, 7) is 1.78. The number of nitro benzene ring substituents is 2. The topological polar surface area (TPSA) is 148 Å². The molecule has 0 heterocycles. The number of aliphatic imine (C=N–C) groups is 2. The molecule has 2 aromatic rings. The normalized spacial score (nSPS) is 13.4. The fraction of sp³-hybridized carbons (Fsp3) is 0.250. The van der Waals surface area contributed by atoms with E-state index < -0.39 is 21.4 Å². The molecule has 156 valence electrons. The molecule has 0 saturated carbocycles. The summed E-state index contributed by atoms with van der Waals surface area (Å²) in [4.78, 5) is 40.6. The van der Waals surface area contributed by atoms with Gasteiger partial charge < -0.3 is 5.11 Å². The van der Waals surface area contributed by atoms with Gasteiger partial charge in [0.05, 0.1) is 9.85 Å². The average molecular weight is 412 g/mol. The van der Waals surface area contributed by atoms with E-state index in [0.717, 1.165) is 0 Å². The lowest BCUT2D eigenvalue weighted by Crippen LogP contribution is -2.33. The summed E-state index contributed by atoms with van der Waals surface area (Å²) in [6, 6.07) is 11.8. The van der Waals surface area contributed by atoms with Crippen molar-refractivity contribution in [2.45, 2.75) is 25.3 Å². The van der Waals surface area contributed by atoms with Crippen molar-refractivity contribution in [3.8, 4) is 0 Å². The highest BCUT2D eigenvalue weighted by Gasteiger charge is 2.31. The van der Waals surface area contributed by atoms with E-state index >= 15 is 0 Å². The molecule has 0 aromatic heterocycles. The van der Waals surface area contributed by atoms with E-state index in [0.29, 0.717) is 24.1 Å². The number of carboxylic acids is 1. The zero-order chi connectivity index (χ0) is 22.1. The van der Waals surface area contributed by atoms with Gasteiger partial charge in [0, 0.05) is 43.2 Å². The second kappa shape index (κ2) is 10.0. The van der Waals surface area contributed by atoms with Crippen LogP contribution >= 0.6 is 0 Å². The SMILES string of the molecule is CC(CCCN=Cc1cccc([N+](=O)[O-])c1)(N=Cc1cccc([N+](=O)[O-])c1)C(=O)O. The molecule has 0 spiro atoms. The fourth-order valence-corrected chi connectivity index (χ4v) is 2.57. The Morgan fingerprint density at radius 2 is 1.57 bits per heavy atom. The molecular weight excluding hydrogens is 392 g/mol. The smallest absolute Gasteiger partial charge is 0.331 e. The van der Waals surface area contributed by atoms with Crippen LogP contribution in [-0.2, 0) is 4.79 Å². The monoisotopic (exact) mass is 412 g/mol. The minimum atomic E-state index is -1.41. The first-order valence-corrected chi connectivity index (χ1v) is 8.99. The average Bonchev–Trinajstić information content (AvgIpc) is 2.72. The van der Waals surface area contributed by atoms with Crippen LogP contribution in [0, 0.1) is 20.2 Å². The molecule has 10 heteroatoms. The summed E-state index contributed by atoms with van der Waals surface area (Å²) >= 11 is 0. The van der Waals surface area contributed by atoms with E-state index in [2.05, 4.69) is 9.98 Å². The second-order valence-corrected chi connectivity index (χ2v) is 6.68. The summed E-state index contributed by atoms with van der Waals surface area (Å²) in [5.41, 5.74) is -0.542. The number of hydrogen-bond donors (Lipinski definition) is 1. The van der Waals surface area contributed by atoms with Crippen LogP contribution in [-0.4, -0.2) is 45.4 Å². The minimum Gasteiger partial charge on any atom is -0.479 e. The Balaban J connectivity index is 1.99. The molecule has 0 fully saturated rings. The molecule has 1 N–H and O–H groups in total. The molecule has 1 unspecified atom stereocenters. The lowest BCUT2D eigenvalue weighted by atomic mass is 9.96. The first-order chi connectivity index (χ1) is 14.2. The third-order valence-corrected chi connectivity index (χ3v) is 4.31. The molecule has 2 rings (SSSR count). The zero-order valence-electron chi connectivity index (χ0n) is 16.2. The highest BCUT2D eigenvalue weighted by Crippen LogP contribution is 2.19. The van der Waals surface area contributed by atoms with Crippen LogP contribution in [0.25, 0.3) is 0 Å². The third-order valence-electron chi connectivity index (χ3n) is 4.31. The molecule has 2 aromatic carbocycles. The Labute approximate surface area is 171 Å². The van der Waals surface area contributed by atoms with Gasteiger partial charge in [0.1, 0.15) is 0 Å². The summed E-state index contributed by atoms with van der Waals surface area (Å²) in [5, 5.41) is 31.2.